The Bertz CT molecular complexity index is 1090. The number of nitrogens with one attached hydrogen (secondary N) is 2. The van der Waals surface area contributed by atoms with Crippen molar-refractivity contribution in [2.45, 2.75) is 39.5 Å². The summed E-state index contributed by atoms with van der Waals surface area (Å²) in [6, 6.07) is 2.45. The van der Waals surface area contributed by atoms with E-state index in [1.807, 2.05) is 4.90 Å². The van der Waals surface area contributed by atoms with Crippen molar-refractivity contribution in [2.24, 2.45) is 0 Å². The number of fused-ring (bicyclic) bond motifs is 2. The van der Waals surface area contributed by atoms with E-state index in [0.29, 0.717) is 6.54 Å². The second-order valence-corrected chi connectivity index (χ2v) is 7.08. The minimum atomic E-state index is -0.991. The average Bonchev–Trinajstić information content (AvgIpc) is 2.63. The molecule has 2 heterocycles. The molecule has 27 heavy (non-hydrogen) atoms. The lowest BCUT2D eigenvalue weighted by atomic mass is 9.89. The smallest absolute Gasteiger partial charge is 0.230 e. The number of hydrogen-bond donors (Lipinski definition) is 2. The van der Waals surface area contributed by atoms with Crippen LogP contribution in [0.15, 0.2) is 35.1 Å². The highest BCUT2D eigenvalue weighted by Gasteiger charge is 2.28. The Kier molecular flexibility index (Phi) is 4.17. The molecule has 1 aliphatic carbocycles. The zero-order chi connectivity index (χ0) is 19.3. The van der Waals surface area contributed by atoms with Gasteiger partial charge < -0.3 is 4.90 Å². The third-order valence-corrected chi connectivity index (χ3v) is 5.33. The highest BCUT2D eigenvalue weighted by Crippen LogP contribution is 2.39. The minimum Gasteiger partial charge on any atom is -0.326 e. The van der Waals surface area contributed by atoms with Crippen molar-refractivity contribution in [1.29, 1.82) is 10.8 Å². The van der Waals surface area contributed by atoms with Crippen LogP contribution in [-0.2, 0) is 0 Å². The predicted molar refractivity (Wildman–Crippen MR) is 101 cm³/mol. The molecule has 0 spiro atoms. The number of allylic oxidation sites excluding steroid dienone is 3. The van der Waals surface area contributed by atoms with Crippen LogP contribution in [0.2, 0.25) is 0 Å². The molecule has 0 amide bonds. The third kappa shape index (κ3) is 2.69. The average molecular weight is 369 g/mol. The van der Waals surface area contributed by atoms with E-state index < -0.39 is 11.6 Å². The summed E-state index contributed by atoms with van der Waals surface area (Å²) in [6.45, 7) is 4.24. The maximum atomic E-state index is 14.9. The number of piperidine rings is 1. The predicted octanol–water partition coefficient (Wildman–Crippen LogP) is 4.23. The Morgan fingerprint density at radius 3 is 2.74 bits per heavy atom. The van der Waals surface area contributed by atoms with E-state index in [-0.39, 0.29) is 28.2 Å². The second kappa shape index (κ2) is 6.40. The molecule has 2 aliphatic rings. The van der Waals surface area contributed by atoms with Crippen LogP contribution >= 0.6 is 0 Å². The van der Waals surface area contributed by atoms with Crippen LogP contribution in [0.5, 0.6) is 0 Å². The van der Waals surface area contributed by atoms with Gasteiger partial charge in [-0.15, -0.1) is 0 Å². The highest BCUT2D eigenvalue weighted by molar-refractivity contribution is 5.97. The molecule has 4 rings (SSSR count). The normalized spacial score (nSPS) is 17.2. The molecule has 1 fully saturated rings. The van der Waals surface area contributed by atoms with Crippen LogP contribution in [0.1, 0.15) is 39.5 Å². The Morgan fingerprint density at radius 2 is 2.00 bits per heavy atom. The molecule has 1 aliphatic heterocycles. The number of halogens is 2. The number of aromatic nitrogens is 2. The van der Waals surface area contributed by atoms with E-state index in [9.17, 15) is 8.78 Å². The molecule has 5 nitrogen and oxygen atoms in total. The Labute approximate surface area is 155 Å². The molecule has 1 saturated heterocycles. The van der Waals surface area contributed by atoms with Gasteiger partial charge in [-0.25, -0.2) is 8.78 Å². The summed E-state index contributed by atoms with van der Waals surface area (Å²) in [4.78, 5) is 6.22. The second-order valence-electron chi connectivity index (χ2n) is 7.08. The van der Waals surface area contributed by atoms with Crippen molar-refractivity contribution in [3.8, 4) is 0 Å². The number of anilines is 1. The van der Waals surface area contributed by atoms with Crippen LogP contribution in [0, 0.1) is 22.5 Å². The monoisotopic (exact) mass is 369 g/mol. The van der Waals surface area contributed by atoms with Crippen LogP contribution in [0.3, 0.4) is 0 Å². The van der Waals surface area contributed by atoms with E-state index >= 15 is 0 Å². The molecular formula is C20H21F2N5. The summed E-state index contributed by atoms with van der Waals surface area (Å²) >= 11 is 0. The quantitative estimate of drug-likeness (QED) is 0.583. The van der Waals surface area contributed by atoms with E-state index in [1.54, 1.807) is 0 Å². The molecule has 1 aromatic heterocycles. The Balaban J connectivity index is 2.04. The lowest BCUT2D eigenvalue weighted by Gasteiger charge is -2.36. The van der Waals surface area contributed by atoms with Gasteiger partial charge in [-0.3, -0.25) is 15.4 Å². The third-order valence-electron chi connectivity index (χ3n) is 5.33. The summed E-state index contributed by atoms with van der Waals surface area (Å²) in [5, 5.41) is 16.2. The number of rotatable bonds is 1. The number of hydrogen-bond acceptors (Lipinski definition) is 4. The SMILES string of the molecule is CC(=N)n1c(=N)nc(N2CCCC3=C(C)CCC=C32)c2c(F)c(F)ccc21. The molecule has 2 N–H and O–H groups in total. The molecule has 0 atom stereocenters. The highest BCUT2D eigenvalue weighted by atomic mass is 19.2. The van der Waals surface area contributed by atoms with E-state index in [4.69, 9.17) is 10.8 Å². The fraction of sp³-hybridized carbons (Fsp3) is 0.350. The lowest BCUT2D eigenvalue weighted by Crippen LogP contribution is -2.36. The molecular weight excluding hydrogens is 348 g/mol. The first-order valence-electron chi connectivity index (χ1n) is 9.07. The first-order chi connectivity index (χ1) is 12.9. The molecule has 0 saturated carbocycles. The van der Waals surface area contributed by atoms with Gasteiger partial charge in [0.25, 0.3) is 0 Å². The zero-order valence-electron chi connectivity index (χ0n) is 15.4. The summed E-state index contributed by atoms with van der Waals surface area (Å²) in [6.07, 6.45) is 5.88. The van der Waals surface area contributed by atoms with Crippen molar-refractivity contribution in [3.05, 3.63) is 52.3 Å². The topological polar surface area (TPSA) is 68.8 Å². The van der Waals surface area contributed by atoms with Gasteiger partial charge in [-0.2, -0.15) is 4.98 Å². The lowest BCUT2D eigenvalue weighted by molar-refractivity contribution is 0.516. The summed E-state index contributed by atoms with van der Waals surface area (Å²) in [5.41, 5.74) is 3.67. The van der Waals surface area contributed by atoms with Crippen molar-refractivity contribution in [3.63, 3.8) is 0 Å². The molecule has 0 unspecified atom stereocenters. The van der Waals surface area contributed by atoms with Gasteiger partial charge in [0, 0.05) is 12.2 Å². The zero-order valence-corrected chi connectivity index (χ0v) is 15.4. The van der Waals surface area contributed by atoms with Crippen molar-refractivity contribution < 1.29 is 8.78 Å². The van der Waals surface area contributed by atoms with Gasteiger partial charge in [0.1, 0.15) is 11.7 Å². The van der Waals surface area contributed by atoms with Gasteiger partial charge in [-0.1, -0.05) is 11.6 Å². The Morgan fingerprint density at radius 1 is 1.22 bits per heavy atom. The first kappa shape index (κ1) is 17.6. The van der Waals surface area contributed by atoms with E-state index in [2.05, 4.69) is 18.0 Å². The van der Waals surface area contributed by atoms with Gasteiger partial charge in [-0.05, 0) is 57.2 Å². The molecule has 0 radical (unpaired) electrons. The fourth-order valence-corrected chi connectivity index (χ4v) is 4.08. The van der Waals surface area contributed by atoms with Crippen molar-refractivity contribution >= 4 is 22.6 Å². The maximum Gasteiger partial charge on any atom is 0.230 e. The minimum absolute atomic E-state index is 0.0166. The molecule has 7 heteroatoms. The summed E-state index contributed by atoms with van der Waals surface area (Å²) in [7, 11) is 0. The largest absolute Gasteiger partial charge is 0.326 e. The molecule has 0 bridgehead atoms. The Hall–Kier alpha value is -2.83. The molecule has 1 aromatic carbocycles. The van der Waals surface area contributed by atoms with E-state index in [1.165, 1.54) is 28.7 Å². The first-order valence-corrected chi connectivity index (χ1v) is 9.07. The van der Waals surface area contributed by atoms with Crippen LogP contribution in [-0.4, -0.2) is 21.9 Å². The van der Waals surface area contributed by atoms with Gasteiger partial charge in [0.2, 0.25) is 5.62 Å². The van der Waals surface area contributed by atoms with E-state index in [0.717, 1.165) is 37.4 Å². The standard InChI is InChI=1S/C20H21F2N5/c1-11-5-3-7-15-13(11)6-4-10-26(15)19-17-16(9-8-14(21)18(17)22)27(12(2)23)20(24)25-19/h7-9,23-24H,3-6,10H2,1-2H3. The van der Waals surface area contributed by atoms with Crippen LogP contribution in [0.25, 0.3) is 10.9 Å². The maximum absolute atomic E-state index is 14.9. The number of benzene rings is 1. The number of nitrogens with zero attached hydrogens (tertiary/aromatic N) is 3. The van der Waals surface area contributed by atoms with Crippen LogP contribution in [0.4, 0.5) is 14.6 Å². The van der Waals surface area contributed by atoms with Gasteiger partial charge in [0.15, 0.2) is 11.6 Å². The molecule has 140 valence electrons. The van der Waals surface area contributed by atoms with Gasteiger partial charge >= 0.3 is 0 Å². The van der Waals surface area contributed by atoms with Crippen LogP contribution < -0.4 is 10.5 Å². The van der Waals surface area contributed by atoms with Gasteiger partial charge in [0.05, 0.1) is 10.9 Å². The summed E-state index contributed by atoms with van der Waals surface area (Å²) in [5.74, 6) is -1.67. The van der Waals surface area contributed by atoms with Crippen molar-refractivity contribution in [1.82, 2.24) is 9.55 Å². The summed E-state index contributed by atoms with van der Waals surface area (Å²) < 4.78 is 30.2. The fourth-order valence-electron chi connectivity index (χ4n) is 4.08. The van der Waals surface area contributed by atoms with Crippen molar-refractivity contribution in [2.75, 3.05) is 11.4 Å². The molecule has 2 aromatic rings.